The predicted molar refractivity (Wildman–Crippen MR) is 104 cm³/mol. The Morgan fingerprint density at radius 2 is 2.06 bits per heavy atom. The smallest absolute Gasteiger partial charge is 0.371 e. The molecule has 0 saturated carbocycles. The minimum absolute atomic E-state index is 0.0683. The van der Waals surface area contributed by atoms with Gasteiger partial charge in [-0.1, -0.05) is 11.6 Å². The van der Waals surface area contributed by atoms with Crippen molar-refractivity contribution in [3.05, 3.63) is 58.1 Å². The molecule has 1 aliphatic heterocycles. The number of alkyl halides is 5. The van der Waals surface area contributed by atoms with Gasteiger partial charge in [0.25, 0.3) is 12.3 Å². The van der Waals surface area contributed by atoms with E-state index in [0.717, 1.165) is 18.2 Å². The lowest BCUT2D eigenvalue weighted by Gasteiger charge is -2.39. The van der Waals surface area contributed by atoms with Gasteiger partial charge in [0.15, 0.2) is 5.54 Å². The van der Waals surface area contributed by atoms with E-state index in [2.05, 4.69) is 20.6 Å². The van der Waals surface area contributed by atoms with E-state index in [1.165, 1.54) is 7.05 Å². The van der Waals surface area contributed by atoms with Crippen LogP contribution in [-0.4, -0.2) is 43.4 Å². The summed E-state index contributed by atoms with van der Waals surface area (Å²) >= 11 is 5.75. The van der Waals surface area contributed by atoms with Gasteiger partial charge in [-0.25, -0.2) is 18.2 Å². The van der Waals surface area contributed by atoms with E-state index in [-0.39, 0.29) is 18.1 Å². The number of ether oxygens (including phenoxy) is 1. The Morgan fingerprint density at radius 3 is 2.66 bits per heavy atom. The fraction of sp³-hybridized carbons (Fsp3) is 0.316. The Labute approximate surface area is 182 Å². The molecule has 6 nitrogen and oxygen atoms in total. The normalized spacial score (nSPS) is 20.3. The minimum atomic E-state index is -4.71. The number of carbonyl (C=O) groups is 1. The van der Waals surface area contributed by atoms with Crippen molar-refractivity contribution in [1.29, 1.82) is 0 Å². The van der Waals surface area contributed by atoms with Gasteiger partial charge >= 0.3 is 6.18 Å². The van der Waals surface area contributed by atoms with Gasteiger partial charge in [0.05, 0.1) is 17.2 Å². The third-order valence-electron chi connectivity index (χ3n) is 4.67. The van der Waals surface area contributed by atoms with E-state index >= 15 is 0 Å². The highest BCUT2D eigenvalue weighted by molar-refractivity contribution is 6.34. The molecule has 1 amide bonds. The van der Waals surface area contributed by atoms with Crippen LogP contribution < -0.4 is 10.6 Å². The molecule has 172 valence electrons. The summed E-state index contributed by atoms with van der Waals surface area (Å²) in [6.07, 6.45) is -7.40. The molecular weight excluding hydrogens is 466 g/mol. The molecule has 0 spiro atoms. The maximum absolute atomic E-state index is 14.5. The Balaban J connectivity index is 1.93. The van der Waals surface area contributed by atoms with Crippen LogP contribution in [0.1, 0.15) is 21.6 Å². The number of anilines is 1. The second-order valence-corrected chi connectivity index (χ2v) is 7.17. The molecule has 1 aromatic heterocycles. The van der Waals surface area contributed by atoms with E-state index in [9.17, 15) is 31.1 Å². The van der Waals surface area contributed by atoms with Crippen LogP contribution in [0, 0.1) is 5.82 Å². The Bertz CT molecular complexity index is 1060. The molecule has 2 N–H and O–H groups in total. The summed E-state index contributed by atoms with van der Waals surface area (Å²) in [6, 6.07) is 3.44. The lowest BCUT2D eigenvalue weighted by molar-refractivity contribution is -0.137. The number of pyridine rings is 1. The van der Waals surface area contributed by atoms with Crippen molar-refractivity contribution in [2.24, 2.45) is 4.99 Å². The number of benzene rings is 1. The number of rotatable bonds is 4. The second-order valence-electron chi connectivity index (χ2n) is 6.76. The molecule has 0 bridgehead atoms. The highest BCUT2D eigenvalue weighted by Crippen LogP contribution is 2.35. The molecule has 13 heteroatoms. The lowest BCUT2D eigenvalue weighted by atomic mass is 9.89. The maximum atomic E-state index is 14.5. The summed E-state index contributed by atoms with van der Waals surface area (Å²) in [4.78, 5) is 19.6. The number of aliphatic imine (C=N–C) groups is 1. The number of morpholine rings is 1. The zero-order chi connectivity index (χ0) is 23.7. The first-order chi connectivity index (χ1) is 15.0. The van der Waals surface area contributed by atoms with Crippen molar-refractivity contribution in [2.45, 2.75) is 18.1 Å². The van der Waals surface area contributed by atoms with Gasteiger partial charge in [-0.2, -0.15) is 13.2 Å². The van der Waals surface area contributed by atoms with E-state index in [1.54, 1.807) is 0 Å². The SMILES string of the molecule is CN=C1COC[C@](c2cc(NC(=O)c3ncc(C(F)(F)F)cc3Cl)ccc2F)(C(F)F)N1. The summed E-state index contributed by atoms with van der Waals surface area (Å²) in [7, 11) is 1.35. The molecule has 0 radical (unpaired) electrons. The van der Waals surface area contributed by atoms with Crippen LogP contribution in [-0.2, 0) is 16.5 Å². The Kier molecular flexibility index (Phi) is 6.65. The van der Waals surface area contributed by atoms with E-state index < -0.39 is 58.3 Å². The fourth-order valence-corrected chi connectivity index (χ4v) is 3.29. The molecule has 1 atom stereocenters. The average Bonchev–Trinajstić information content (AvgIpc) is 2.74. The molecular formula is C19H15ClF6N4O2. The molecule has 0 unspecified atom stereocenters. The second kappa shape index (κ2) is 8.94. The topological polar surface area (TPSA) is 75.6 Å². The highest BCUT2D eigenvalue weighted by atomic mass is 35.5. The van der Waals surface area contributed by atoms with Crippen LogP contribution in [0.2, 0.25) is 5.02 Å². The molecule has 1 fully saturated rings. The molecule has 0 aliphatic carbocycles. The molecule has 32 heavy (non-hydrogen) atoms. The largest absolute Gasteiger partial charge is 0.417 e. The number of carbonyl (C=O) groups excluding carboxylic acids is 1. The zero-order valence-electron chi connectivity index (χ0n) is 16.2. The van der Waals surface area contributed by atoms with E-state index in [1.807, 2.05) is 0 Å². The summed E-state index contributed by atoms with van der Waals surface area (Å²) in [6.45, 7) is -0.647. The number of halogens is 7. The van der Waals surface area contributed by atoms with Gasteiger partial charge in [-0.3, -0.25) is 9.79 Å². The van der Waals surface area contributed by atoms with Crippen LogP contribution in [0.5, 0.6) is 0 Å². The minimum Gasteiger partial charge on any atom is -0.371 e. The Hall–Kier alpha value is -2.86. The third-order valence-corrected chi connectivity index (χ3v) is 4.95. The van der Waals surface area contributed by atoms with Crippen molar-refractivity contribution in [1.82, 2.24) is 10.3 Å². The van der Waals surface area contributed by atoms with Crippen molar-refractivity contribution in [3.63, 3.8) is 0 Å². The van der Waals surface area contributed by atoms with Crippen molar-refractivity contribution < 1.29 is 35.9 Å². The molecule has 1 saturated heterocycles. The highest BCUT2D eigenvalue weighted by Gasteiger charge is 2.47. The number of nitrogens with zero attached hydrogens (tertiary/aromatic N) is 2. The van der Waals surface area contributed by atoms with Crippen LogP contribution in [0.25, 0.3) is 0 Å². The van der Waals surface area contributed by atoms with Crippen molar-refractivity contribution >= 4 is 29.0 Å². The zero-order valence-corrected chi connectivity index (χ0v) is 17.0. The quantitative estimate of drug-likeness (QED) is 0.641. The first-order valence-electron chi connectivity index (χ1n) is 8.92. The van der Waals surface area contributed by atoms with E-state index in [4.69, 9.17) is 16.3 Å². The summed E-state index contributed by atoms with van der Waals surface area (Å²) in [5, 5.41) is 4.19. The number of nitrogens with one attached hydrogen (secondary N) is 2. The van der Waals surface area contributed by atoms with Crippen LogP contribution in [0.3, 0.4) is 0 Å². The Morgan fingerprint density at radius 1 is 1.34 bits per heavy atom. The summed E-state index contributed by atoms with van der Waals surface area (Å²) < 4.78 is 86.0. The average molecular weight is 481 g/mol. The third kappa shape index (κ3) is 4.65. The van der Waals surface area contributed by atoms with Crippen molar-refractivity contribution in [2.75, 3.05) is 25.6 Å². The molecule has 1 aliphatic rings. The number of amides is 1. The molecule has 2 heterocycles. The summed E-state index contributed by atoms with van der Waals surface area (Å²) in [5.74, 6) is -1.94. The van der Waals surface area contributed by atoms with Gasteiger partial charge in [-0.05, 0) is 24.3 Å². The lowest BCUT2D eigenvalue weighted by Crippen LogP contribution is -2.59. The van der Waals surface area contributed by atoms with Gasteiger partial charge in [-0.15, -0.1) is 0 Å². The van der Waals surface area contributed by atoms with Gasteiger partial charge in [0.2, 0.25) is 0 Å². The fourth-order valence-electron chi connectivity index (χ4n) is 3.03. The first-order valence-corrected chi connectivity index (χ1v) is 9.29. The molecule has 1 aromatic carbocycles. The van der Waals surface area contributed by atoms with Crippen LogP contribution in [0.15, 0.2) is 35.5 Å². The van der Waals surface area contributed by atoms with E-state index in [0.29, 0.717) is 12.3 Å². The van der Waals surface area contributed by atoms with Crippen molar-refractivity contribution in [3.8, 4) is 0 Å². The van der Waals surface area contributed by atoms with Gasteiger partial charge in [0, 0.05) is 24.5 Å². The van der Waals surface area contributed by atoms with Crippen LogP contribution >= 0.6 is 11.6 Å². The predicted octanol–water partition coefficient (Wildman–Crippen LogP) is 4.25. The molecule has 2 aromatic rings. The van der Waals surface area contributed by atoms with Gasteiger partial charge < -0.3 is 15.4 Å². The number of aromatic nitrogens is 1. The monoisotopic (exact) mass is 480 g/mol. The number of hydrogen-bond donors (Lipinski definition) is 2. The van der Waals surface area contributed by atoms with Gasteiger partial charge in [0.1, 0.15) is 24.0 Å². The number of hydrogen-bond acceptors (Lipinski definition) is 4. The first kappa shape index (κ1) is 23.8. The number of amidine groups is 1. The standard InChI is InChI=1S/C19H15ClF6N4O2/c1-27-14-7-32-8-18(30-14,17(22)23)11-5-10(2-3-13(11)21)29-16(31)15-12(20)4-9(6-28-15)19(24,25)26/h2-6,17H,7-8H2,1H3,(H,27,30)(H,29,31)/t18-/m0/s1. The molecule has 3 rings (SSSR count). The van der Waals surface area contributed by atoms with Crippen LogP contribution in [0.4, 0.5) is 32.0 Å². The summed E-state index contributed by atoms with van der Waals surface area (Å²) in [5.41, 5.74) is -4.58. The maximum Gasteiger partial charge on any atom is 0.417 e.